The Morgan fingerprint density at radius 2 is 1.92 bits per heavy atom. The molecule has 0 bridgehead atoms. The first kappa shape index (κ1) is 17.0. The van der Waals surface area contributed by atoms with Gasteiger partial charge in [0.1, 0.15) is 11.3 Å². The third-order valence-corrected chi connectivity index (χ3v) is 3.96. The van der Waals surface area contributed by atoms with Crippen molar-refractivity contribution in [2.24, 2.45) is 0 Å². The fourth-order valence-electron chi connectivity index (χ4n) is 2.63. The van der Waals surface area contributed by atoms with Crippen LogP contribution in [0.5, 0.6) is 0 Å². The van der Waals surface area contributed by atoms with Crippen LogP contribution in [0.2, 0.25) is 0 Å². The first-order chi connectivity index (χ1) is 12.2. The Morgan fingerprint density at radius 3 is 2.76 bits per heavy atom. The van der Waals surface area contributed by atoms with E-state index in [4.69, 9.17) is 9.15 Å². The fraction of sp³-hybridized carbons (Fsp3) is 0.238. The molecule has 0 atom stereocenters. The van der Waals surface area contributed by atoms with Crippen LogP contribution < -0.4 is 5.43 Å². The van der Waals surface area contributed by atoms with Gasteiger partial charge in [0.05, 0.1) is 18.4 Å². The Labute approximate surface area is 146 Å². The van der Waals surface area contributed by atoms with Crippen LogP contribution in [0.1, 0.15) is 25.3 Å². The zero-order chi connectivity index (χ0) is 17.6. The molecule has 0 fully saturated rings. The highest BCUT2D eigenvalue weighted by Gasteiger charge is 2.09. The van der Waals surface area contributed by atoms with E-state index in [2.05, 4.69) is 6.92 Å². The zero-order valence-electron chi connectivity index (χ0n) is 14.2. The molecule has 0 aliphatic rings. The van der Waals surface area contributed by atoms with Gasteiger partial charge in [0.2, 0.25) is 0 Å². The molecule has 0 saturated carbocycles. The largest absolute Gasteiger partial charge is 0.465 e. The Kier molecular flexibility index (Phi) is 5.29. The fourth-order valence-corrected chi connectivity index (χ4v) is 2.63. The maximum atomic E-state index is 12.2. The van der Waals surface area contributed by atoms with E-state index >= 15 is 0 Å². The number of benzene rings is 2. The van der Waals surface area contributed by atoms with Crippen molar-refractivity contribution in [2.75, 3.05) is 6.61 Å². The van der Waals surface area contributed by atoms with E-state index in [1.807, 2.05) is 36.4 Å². The highest BCUT2D eigenvalue weighted by Crippen LogP contribution is 2.23. The number of rotatable bonds is 6. The van der Waals surface area contributed by atoms with Gasteiger partial charge >= 0.3 is 5.97 Å². The molecule has 0 aliphatic heterocycles. The normalized spacial score (nSPS) is 10.8. The lowest BCUT2D eigenvalue weighted by Crippen LogP contribution is -2.09. The summed E-state index contributed by atoms with van der Waals surface area (Å²) in [5.41, 5.74) is 2.06. The molecule has 0 N–H and O–H groups in total. The molecule has 4 heteroatoms. The molecule has 2 aromatic carbocycles. The zero-order valence-corrected chi connectivity index (χ0v) is 14.2. The first-order valence-electron chi connectivity index (χ1n) is 8.45. The second-order valence-corrected chi connectivity index (χ2v) is 5.92. The number of ether oxygens (including phenoxy) is 1. The number of carbonyl (C=O) groups excluding carboxylic acids is 1. The molecule has 3 aromatic rings. The van der Waals surface area contributed by atoms with Crippen molar-refractivity contribution in [3.05, 3.63) is 70.4 Å². The monoisotopic (exact) mass is 336 g/mol. The highest BCUT2D eigenvalue weighted by molar-refractivity contribution is 5.79. The van der Waals surface area contributed by atoms with Crippen LogP contribution in [0.15, 0.2) is 63.8 Å². The van der Waals surface area contributed by atoms with Gasteiger partial charge in [-0.2, -0.15) is 0 Å². The Hall–Kier alpha value is -2.88. The third-order valence-electron chi connectivity index (χ3n) is 3.96. The Bertz CT molecular complexity index is 940. The van der Waals surface area contributed by atoms with Gasteiger partial charge in [-0.05, 0) is 30.2 Å². The van der Waals surface area contributed by atoms with Crippen molar-refractivity contribution in [1.29, 1.82) is 0 Å². The summed E-state index contributed by atoms with van der Waals surface area (Å²) < 4.78 is 11.0. The van der Waals surface area contributed by atoms with Crippen molar-refractivity contribution in [2.45, 2.75) is 26.2 Å². The minimum absolute atomic E-state index is 0.0822. The Balaban J connectivity index is 1.84. The lowest BCUT2D eigenvalue weighted by molar-refractivity contribution is -0.142. The third kappa shape index (κ3) is 4.15. The van der Waals surface area contributed by atoms with Gasteiger partial charge in [0, 0.05) is 11.6 Å². The Morgan fingerprint density at radius 1 is 1.08 bits per heavy atom. The van der Waals surface area contributed by atoms with Crippen LogP contribution in [0.3, 0.4) is 0 Å². The number of fused-ring (bicyclic) bond motifs is 1. The van der Waals surface area contributed by atoms with E-state index in [0.29, 0.717) is 23.3 Å². The van der Waals surface area contributed by atoms with E-state index in [9.17, 15) is 9.59 Å². The van der Waals surface area contributed by atoms with E-state index < -0.39 is 0 Å². The maximum absolute atomic E-state index is 12.2. The molecule has 25 heavy (non-hydrogen) atoms. The molecule has 0 spiro atoms. The van der Waals surface area contributed by atoms with Crippen LogP contribution >= 0.6 is 0 Å². The summed E-state index contributed by atoms with van der Waals surface area (Å²) in [5, 5.41) is 0.557. The number of para-hydroxylation sites is 1. The van der Waals surface area contributed by atoms with Gasteiger partial charge in [-0.25, -0.2) is 0 Å². The molecular weight excluding hydrogens is 316 g/mol. The van der Waals surface area contributed by atoms with E-state index in [0.717, 1.165) is 24.0 Å². The molecule has 0 amide bonds. The van der Waals surface area contributed by atoms with Gasteiger partial charge in [-0.1, -0.05) is 43.7 Å². The predicted molar refractivity (Wildman–Crippen MR) is 97.5 cm³/mol. The summed E-state index contributed by atoms with van der Waals surface area (Å²) >= 11 is 0. The quantitative estimate of drug-likeness (QED) is 0.496. The van der Waals surface area contributed by atoms with E-state index in [-0.39, 0.29) is 17.8 Å². The van der Waals surface area contributed by atoms with E-state index in [1.165, 1.54) is 6.07 Å². The van der Waals surface area contributed by atoms with Crippen LogP contribution in [-0.2, 0) is 16.0 Å². The van der Waals surface area contributed by atoms with Crippen molar-refractivity contribution in [1.82, 2.24) is 0 Å². The molecule has 1 heterocycles. The molecule has 0 radical (unpaired) electrons. The summed E-state index contributed by atoms with van der Waals surface area (Å²) in [4.78, 5) is 24.1. The standard InChI is InChI=1S/C21H20O4/c1-2-3-11-24-21(23)13-15-7-6-8-16(12-15)20-14-18(22)17-9-4-5-10-19(17)25-20/h4-10,12,14H,2-3,11,13H2,1H3. The molecule has 1 aromatic heterocycles. The SMILES string of the molecule is CCCCOC(=O)Cc1cccc(-c2cc(=O)c3ccccc3o2)c1. The highest BCUT2D eigenvalue weighted by atomic mass is 16.5. The number of hydrogen-bond acceptors (Lipinski definition) is 4. The lowest BCUT2D eigenvalue weighted by Gasteiger charge is -2.07. The number of hydrogen-bond donors (Lipinski definition) is 0. The van der Waals surface area contributed by atoms with Gasteiger partial charge in [0.25, 0.3) is 0 Å². The molecule has 4 nitrogen and oxygen atoms in total. The summed E-state index contributed by atoms with van der Waals surface area (Å²) in [6.07, 6.45) is 2.06. The number of carbonyl (C=O) groups is 1. The molecule has 0 aliphatic carbocycles. The van der Waals surface area contributed by atoms with Crippen LogP contribution in [0.4, 0.5) is 0 Å². The predicted octanol–water partition coefficient (Wildman–Crippen LogP) is 4.35. The van der Waals surface area contributed by atoms with Crippen LogP contribution in [0, 0.1) is 0 Å². The summed E-state index contributed by atoms with van der Waals surface area (Å²) in [6, 6.07) is 16.1. The summed E-state index contributed by atoms with van der Waals surface area (Å²) in [5.74, 6) is 0.246. The summed E-state index contributed by atoms with van der Waals surface area (Å²) in [6.45, 7) is 2.50. The van der Waals surface area contributed by atoms with Crippen molar-refractivity contribution in [3.8, 4) is 11.3 Å². The minimum atomic E-state index is -0.245. The molecular formula is C21H20O4. The summed E-state index contributed by atoms with van der Waals surface area (Å²) in [7, 11) is 0. The second-order valence-electron chi connectivity index (χ2n) is 5.92. The van der Waals surface area contributed by atoms with E-state index in [1.54, 1.807) is 12.1 Å². The topological polar surface area (TPSA) is 56.5 Å². The van der Waals surface area contributed by atoms with Crippen molar-refractivity contribution >= 4 is 16.9 Å². The van der Waals surface area contributed by atoms with Crippen molar-refractivity contribution < 1.29 is 13.9 Å². The van der Waals surface area contributed by atoms with Crippen LogP contribution in [-0.4, -0.2) is 12.6 Å². The minimum Gasteiger partial charge on any atom is -0.465 e. The van der Waals surface area contributed by atoms with Crippen LogP contribution in [0.25, 0.3) is 22.3 Å². The average Bonchev–Trinajstić information content (AvgIpc) is 2.62. The molecule has 0 saturated heterocycles. The molecule has 128 valence electrons. The van der Waals surface area contributed by atoms with Gasteiger partial charge in [-0.15, -0.1) is 0 Å². The maximum Gasteiger partial charge on any atom is 0.310 e. The number of esters is 1. The number of unbranched alkanes of at least 4 members (excludes halogenated alkanes) is 1. The van der Waals surface area contributed by atoms with Gasteiger partial charge in [0.15, 0.2) is 5.43 Å². The first-order valence-corrected chi connectivity index (χ1v) is 8.45. The second kappa shape index (κ2) is 7.79. The van der Waals surface area contributed by atoms with Gasteiger partial charge < -0.3 is 9.15 Å². The molecule has 0 unspecified atom stereocenters. The average molecular weight is 336 g/mol. The smallest absolute Gasteiger partial charge is 0.310 e. The lowest BCUT2D eigenvalue weighted by atomic mass is 10.1. The van der Waals surface area contributed by atoms with Crippen molar-refractivity contribution in [3.63, 3.8) is 0 Å². The van der Waals surface area contributed by atoms with Gasteiger partial charge in [-0.3, -0.25) is 9.59 Å². The molecule has 3 rings (SSSR count).